The maximum atomic E-state index is 14.0. The number of para-hydroxylation sites is 3. The zero-order valence-electron chi connectivity index (χ0n) is 17.7. The number of hydrogen-bond donors (Lipinski definition) is 0. The van der Waals surface area contributed by atoms with E-state index in [2.05, 4.69) is 6.58 Å². The molecule has 7 nitrogen and oxygen atoms in total. The van der Waals surface area contributed by atoms with Gasteiger partial charge in [-0.1, -0.05) is 30.3 Å². The Morgan fingerprint density at radius 1 is 0.906 bits per heavy atom. The Bertz CT molecular complexity index is 1270. The second kappa shape index (κ2) is 9.21. The van der Waals surface area contributed by atoms with E-state index in [1.54, 1.807) is 53.4 Å². The number of rotatable bonds is 6. The molecule has 0 atom stereocenters. The van der Waals surface area contributed by atoms with E-state index < -0.39 is 11.1 Å². The molecule has 1 fully saturated rings. The number of aryl methyl sites for hydroxylation is 1. The number of aromatic nitrogens is 2. The lowest BCUT2D eigenvalue weighted by Crippen LogP contribution is -2.49. The summed E-state index contributed by atoms with van der Waals surface area (Å²) < 4.78 is 16.8. The molecule has 1 amide bonds. The van der Waals surface area contributed by atoms with Gasteiger partial charge in [0.25, 0.3) is 0 Å². The van der Waals surface area contributed by atoms with Crippen LogP contribution in [0.2, 0.25) is 0 Å². The third kappa shape index (κ3) is 4.08. The molecule has 8 heteroatoms. The van der Waals surface area contributed by atoms with Gasteiger partial charge in [0, 0.05) is 45.7 Å². The monoisotopic (exact) mass is 436 g/mol. The molecule has 1 aliphatic heterocycles. The lowest BCUT2D eigenvalue weighted by atomic mass is 10.2. The van der Waals surface area contributed by atoms with Crippen LogP contribution < -0.4 is 16.0 Å². The van der Waals surface area contributed by atoms with Crippen LogP contribution in [0.5, 0.6) is 0 Å². The largest absolute Gasteiger partial charge is 0.366 e. The average molecular weight is 436 g/mol. The summed E-state index contributed by atoms with van der Waals surface area (Å²) in [4.78, 5) is 41.8. The first kappa shape index (κ1) is 21.5. The number of carbonyl (C=O) groups is 1. The second-order valence-electron chi connectivity index (χ2n) is 7.72. The van der Waals surface area contributed by atoms with Gasteiger partial charge in [-0.2, -0.15) is 0 Å². The van der Waals surface area contributed by atoms with Crippen LogP contribution in [0.15, 0.2) is 70.8 Å². The molecule has 0 radical (unpaired) electrons. The van der Waals surface area contributed by atoms with Gasteiger partial charge in [-0.3, -0.25) is 19.0 Å². The summed E-state index contributed by atoms with van der Waals surface area (Å²) in [5.74, 6) is -0.367. The molecule has 1 saturated heterocycles. The van der Waals surface area contributed by atoms with Gasteiger partial charge in [-0.05, 0) is 24.3 Å². The molecule has 3 aromatic rings. The smallest absolute Gasteiger partial charge is 0.317 e. The Morgan fingerprint density at radius 3 is 2.16 bits per heavy atom. The van der Waals surface area contributed by atoms with E-state index in [0.717, 1.165) is 0 Å². The van der Waals surface area contributed by atoms with E-state index in [0.29, 0.717) is 42.9 Å². The molecule has 0 N–H and O–H groups in total. The summed E-state index contributed by atoms with van der Waals surface area (Å²) >= 11 is 0. The molecule has 1 aromatic heterocycles. The van der Waals surface area contributed by atoms with E-state index in [9.17, 15) is 18.8 Å². The van der Waals surface area contributed by atoms with Gasteiger partial charge in [-0.25, -0.2) is 4.39 Å². The van der Waals surface area contributed by atoms with Gasteiger partial charge in [0.15, 0.2) is 0 Å². The number of halogens is 1. The van der Waals surface area contributed by atoms with Crippen molar-refractivity contribution in [2.75, 3.05) is 31.1 Å². The van der Waals surface area contributed by atoms with Crippen LogP contribution in [0.4, 0.5) is 10.1 Å². The van der Waals surface area contributed by atoms with Crippen LogP contribution in [0.25, 0.3) is 11.0 Å². The first-order chi connectivity index (χ1) is 15.5. The fourth-order valence-electron chi connectivity index (χ4n) is 4.17. The molecule has 0 saturated carbocycles. The number of hydrogen-bond acceptors (Lipinski definition) is 4. The number of anilines is 1. The maximum absolute atomic E-state index is 14.0. The lowest BCUT2D eigenvalue weighted by molar-refractivity contribution is -0.131. The van der Waals surface area contributed by atoms with Gasteiger partial charge in [0.1, 0.15) is 5.82 Å². The normalized spacial score (nSPS) is 14.0. The van der Waals surface area contributed by atoms with Crippen LogP contribution in [0.3, 0.4) is 0 Å². The Kier molecular flexibility index (Phi) is 6.20. The zero-order valence-corrected chi connectivity index (χ0v) is 17.7. The van der Waals surface area contributed by atoms with Crippen LogP contribution in [-0.2, 0) is 17.9 Å². The summed E-state index contributed by atoms with van der Waals surface area (Å²) in [5.41, 5.74) is 0.494. The van der Waals surface area contributed by atoms with Gasteiger partial charge >= 0.3 is 11.1 Å². The minimum absolute atomic E-state index is 0.0931. The summed E-state index contributed by atoms with van der Waals surface area (Å²) in [6.07, 6.45) is 1.68. The Labute approximate surface area is 184 Å². The quantitative estimate of drug-likeness (QED) is 0.439. The first-order valence-corrected chi connectivity index (χ1v) is 10.6. The molecule has 0 unspecified atom stereocenters. The molecular weight excluding hydrogens is 411 g/mol. The summed E-state index contributed by atoms with van der Waals surface area (Å²) in [6, 6.07) is 13.8. The van der Waals surface area contributed by atoms with Crippen molar-refractivity contribution < 1.29 is 9.18 Å². The highest BCUT2D eigenvalue weighted by Gasteiger charge is 2.23. The van der Waals surface area contributed by atoms with E-state index in [1.165, 1.54) is 15.2 Å². The molecule has 4 rings (SSSR count). The molecule has 0 aliphatic carbocycles. The van der Waals surface area contributed by atoms with Crippen molar-refractivity contribution >= 4 is 22.6 Å². The van der Waals surface area contributed by atoms with Crippen molar-refractivity contribution in [1.29, 1.82) is 0 Å². The standard InChI is InChI=1S/C24H25FN4O3/c1-2-12-28-20-9-5-6-10-21(20)29(24(32)23(28)31)13-11-22(30)27-16-14-26(15-17-27)19-8-4-3-7-18(19)25/h2-10H,1,11-17H2. The van der Waals surface area contributed by atoms with Crippen molar-refractivity contribution in [2.45, 2.75) is 19.5 Å². The third-order valence-electron chi connectivity index (χ3n) is 5.82. The molecule has 166 valence electrons. The third-order valence-corrected chi connectivity index (χ3v) is 5.82. The number of piperazine rings is 1. The Morgan fingerprint density at radius 2 is 1.50 bits per heavy atom. The van der Waals surface area contributed by atoms with Crippen LogP contribution >= 0.6 is 0 Å². The van der Waals surface area contributed by atoms with Gasteiger partial charge < -0.3 is 14.4 Å². The first-order valence-electron chi connectivity index (χ1n) is 10.6. The zero-order chi connectivity index (χ0) is 22.7. The Hall–Kier alpha value is -3.68. The topological polar surface area (TPSA) is 67.5 Å². The molecule has 32 heavy (non-hydrogen) atoms. The van der Waals surface area contributed by atoms with Crippen molar-refractivity contribution in [3.8, 4) is 0 Å². The lowest BCUT2D eigenvalue weighted by Gasteiger charge is -2.36. The number of amides is 1. The summed E-state index contributed by atoms with van der Waals surface area (Å²) in [7, 11) is 0. The molecule has 0 spiro atoms. The van der Waals surface area contributed by atoms with Gasteiger partial charge in [-0.15, -0.1) is 6.58 Å². The fourth-order valence-corrected chi connectivity index (χ4v) is 4.17. The van der Waals surface area contributed by atoms with Crippen LogP contribution in [0, 0.1) is 5.82 Å². The minimum atomic E-state index is -0.650. The number of carbonyl (C=O) groups excluding carboxylic acids is 1. The predicted octanol–water partition coefficient (Wildman–Crippen LogP) is 2.23. The molecule has 2 heterocycles. The number of allylic oxidation sites excluding steroid dienone is 1. The maximum Gasteiger partial charge on any atom is 0.317 e. The van der Waals surface area contributed by atoms with Crippen LogP contribution in [0.1, 0.15) is 6.42 Å². The van der Waals surface area contributed by atoms with Crippen molar-refractivity contribution in [1.82, 2.24) is 14.0 Å². The summed E-state index contributed by atoms with van der Waals surface area (Å²) in [5, 5.41) is 0. The van der Waals surface area contributed by atoms with Crippen molar-refractivity contribution in [3.05, 3.63) is 87.7 Å². The highest BCUT2D eigenvalue weighted by atomic mass is 19.1. The highest BCUT2D eigenvalue weighted by Crippen LogP contribution is 2.20. The van der Waals surface area contributed by atoms with Gasteiger partial charge in [0.05, 0.1) is 16.7 Å². The van der Waals surface area contributed by atoms with Crippen molar-refractivity contribution in [2.24, 2.45) is 0 Å². The molecule has 2 aromatic carbocycles. The number of benzene rings is 2. The molecule has 0 bridgehead atoms. The SMILES string of the molecule is C=CCn1c(=O)c(=O)n(CCC(=O)N2CCN(c3ccccc3F)CC2)c2ccccc21. The van der Waals surface area contributed by atoms with E-state index in [1.807, 2.05) is 4.90 Å². The second-order valence-corrected chi connectivity index (χ2v) is 7.72. The number of nitrogens with zero attached hydrogens (tertiary/aromatic N) is 4. The van der Waals surface area contributed by atoms with E-state index in [-0.39, 0.29) is 31.2 Å². The van der Waals surface area contributed by atoms with E-state index in [4.69, 9.17) is 0 Å². The molecular formula is C24H25FN4O3. The van der Waals surface area contributed by atoms with E-state index >= 15 is 0 Å². The Balaban J connectivity index is 1.47. The molecule has 1 aliphatic rings. The van der Waals surface area contributed by atoms with Crippen molar-refractivity contribution in [3.63, 3.8) is 0 Å². The average Bonchev–Trinajstić information content (AvgIpc) is 2.82. The predicted molar refractivity (Wildman–Crippen MR) is 122 cm³/mol. The highest BCUT2D eigenvalue weighted by molar-refractivity contribution is 5.78. The number of fused-ring (bicyclic) bond motifs is 1. The van der Waals surface area contributed by atoms with Crippen LogP contribution in [-0.4, -0.2) is 46.1 Å². The summed E-state index contributed by atoms with van der Waals surface area (Å²) in [6.45, 7) is 6.03. The fraction of sp³-hybridized carbons (Fsp3) is 0.292. The van der Waals surface area contributed by atoms with Gasteiger partial charge in [0.2, 0.25) is 5.91 Å². The minimum Gasteiger partial charge on any atom is -0.366 e.